The van der Waals surface area contributed by atoms with Crippen molar-refractivity contribution in [3.63, 3.8) is 0 Å². The van der Waals surface area contributed by atoms with E-state index in [1.807, 2.05) is 12.1 Å². The molecule has 0 radical (unpaired) electrons. The molecule has 0 aliphatic carbocycles. The maximum absolute atomic E-state index is 6.01. The second-order valence-electron chi connectivity index (χ2n) is 3.65. The van der Waals surface area contributed by atoms with Gasteiger partial charge in [-0.3, -0.25) is 0 Å². The highest BCUT2D eigenvalue weighted by Crippen LogP contribution is 2.37. The van der Waals surface area contributed by atoms with Gasteiger partial charge in [-0.25, -0.2) is 0 Å². The normalized spacial score (nSPS) is 20.0. The number of nitrogens with two attached hydrogens (primary N) is 2. The molecule has 0 bridgehead atoms. The first kappa shape index (κ1) is 9.34. The summed E-state index contributed by atoms with van der Waals surface area (Å²) in [6.07, 6.45) is 1.81. The predicted octanol–water partition coefficient (Wildman–Crippen LogP) is 1.61. The molecule has 1 aromatic carbocycles. The van der Waals surface area contributed by atoms with Gasteiger partial charge in [-0.2, -0.15) is 0 Å². The second-order valence-corrected chi connectivity index (χ2v) is 3.65. The fraction of sp³-hybridized carbons (Fsp3) is 0.455. The third-order valence-electron chi connectivity index (χ3n) is 2.74. The number of ether oxygens (including phenoxy) is 1. The maximum Gasteiger partial charge on any atom is 0.129 e. The number of benzene rings is 1. The van der Waals surface area contributed by atoms with Crippen molar-refractivity contribution in [3.05, 3.63) is 23.3 Å². The molecule has 76 valence electrons. The van der Waals surface area contributed by atoms with Crippen LogP contribution in [0.15, 0.2) is 12.1 Å². The Labute approximate surface area is 84.0 Å². The maximum atomic E-state index is 6.01. The fourth-order valence-corrected chi connectivity index (χ4v) is 1.92. The van der Waals surface area contributed by atoms with Gasteiger partial charge in [-0.1, -0.05) is 13.0 Å². The van der Waals surface area contributed by atoms with Crippen molar-refractivity contribution >= 4 is 5.69 Å². The van der Waals surface area contributed by atoms with Gasteiger partial charge < -0.3 is 16.2 Å². The Morgan fingerprint density at radius 2 is 2.29 bits per heavy atom. The van der Waals surface area contributed by atoms with E-state index in [-0.39, 0.29) is 6.04 Å². The summed E-state index contributed by atoms with van der Waals surface area (Å²) in [4.78, 5) is 0. The summed E-state index contributed by atoms with van der Waals surface area (Å²) < 4.78 is 5.64. The van der Waals surface area contributed by atoms with E-state index in [0.717, 1.165) is 29.8 Å². The number of anilines is 1. The average Bonchev–Trinajstić information content (AvgIpc) is 2.18. The van der Waals surface area contributed by atoms with Crippen LogP contribution in [0.1, 0.15) is 30.5 Å². The smallest absolute Gasteiger partial charge is 0.129 e. The van der Waals surface area contributed by atoms with Crippen molar-refractivity contribution < 1.29 is 4.74 Å². The molecule has 14 heavy (non-hydrogen) atoms. The van der Waals surface area contributed by atoms with E-state index < -0.39 is 0 Å². The van der Waals surface area contributed by atoms with Crippen LogP contribution in [0.2, 0.25) is 0 Å². The number of hydrogen-bond acceptors (Lipinski definition) is 3. The van der Waals surface area contributed by atoms with Gasteiger partial charge in [0.2, 0.25) is 0 Å². The molecule has 0 aromatic heterocycles. The minimum absolute atomic E-state index is 0.0326. The van der Waals surface area contributed by atoms with Crippen LogP contribution in [0.25, 0.3) is 0 Å². The molecule has 3 nitrogen and oxygen atoms in total. The van der Waals surface area contributed by atoms with Gasteiger partial charge in [0.25, 0.3) is 0 Å². The molecule has 0 amide bonds. The number of hydrogen-bond donors (Lipinski definition) is 2. The second kappa shape index (κ2) is 3.50. The fourth-order valence-electron chi connectivity index (χ4n) is 1.92. The van der Waals surface area contributed by atoms with E-state index in [2.05, 4.69) is 6.92 Å². The van der Waals surface area contributed by atoms with Crippen LogP contribution >= 0.6 is 0 Å². The van der Waals surface area contributed by atoms with E-state index in [0.29, 0.717) is 6.61 Å². The summed E-state index contributed by atoms with van der Waals surface area (Å²) in [5.41, 5.74) is 14.9. The zero-order valence-electron chi connectivity index (χ0n) is 8.42. The quantitative estimate of drug-likeness (QED) is 0.664. The van der Waals surface area contributed by atoms with Crippen molar-refractivity contribution in [2.45, 2.75) is 25.8 Å². The topological polar surface area (TPSA) is 61.3 Å². The molecule has 1 aromatic rings. The van der Waals surface area contributed by atoms with Gasteiger partial charge in [0.05, 0.1) is 6.61 Å². The third kappa shape index (κ3) is 1.34. The molecule has 1 atom stereocenters. The lowest BCUT2D eigenvalue weighted by Gasteiger charge is -2.26. The van der Waals surface area contributed by atoms with Gasteiger partial charge in [-0.05, 0) is 18.1 Å². The van der Waals surface area contributed by atoms with Crippen LogP contribution in [0.5, 0.6) is 5.75 Å². The standard InChI is InChI=1S/C11H16N2O/c1-2-7-3-4-8(12)10-9(13)5-6-14-11(7)10/h3-4,9H,2,5-6,12-13H2,1H3. The van der Waals surface area contributed by atoms with Gasteiger partial charge in [0.15, 0.2) is 0 Å². The summed E-state index contributed by atoms with van der Waals surface area (Å²) >= 11 is 0. The van der Waals surface area contributed by atoms with Crippen molar-refractivity contribution in [2.75, 3.05) is 12.3 Å². The van der Waals surface area contributed by atoms with E-state index in [9.17, 15) is 0 Å². The number of rotatable bonds is 1. The highest BCUT2D eigenvalue weighted by atomic mass is 16.5. The van der Waals surface area contributed by atoms with Gasteiger partial charge in [0, 0.05) is 23.7 Å². The van der Waals surface area contributed by atoms with Crippen molar-refractivity contribution in [3.8, 4) is 5.75 Å². The lowest BCUT2D eigenvalue weighted by atomic mass is 9.95. The van der Waals surface area contributed by atoms with Crippen molar-refractivity contribution in [1.29, 1.82) is 0 Å². The molecule has 2 rings (SSSR count). The minimum atomic E-state index is 0.0326. The Morgan fingerprint density at radius 1 is 1.50 bits per heavy atom. The largest absolute Gasteiger partial charge is 0.493 e. The Bertz CT molecular complexity index is 349. The highest BCUT2D eigenvalue weighted by Gasteiger charge is 2.22. The molecular weight excluding hydrogens is 176 g/mol. The Balaban J connectivity index is 2.57. The number of fused-ring (bicyclic) bond motifs is 1. The Hall–Kier alpha value is -1.22. The predicted molar refractivity (Wildman–Crippen MR) is 57.3 cm³/mol. The molecule has 1 aliphatic heterocycles. The number of aryl methyl sites for hydroxylation is 1. The van der Waals surface area contributed by atoms with E-state index in [4.69, 9.17) is 16.2 Å². The first-order valence-corrected chi connectivity index (χ1v) is 5.03. The molecule has 3 heteroatoms. The molecule has 0 saturated heterocycles. The number of nitrogen functional groups attached to an aromatic ring is 1. The molecular formula is C11H16N2O. The summed E-state index contributed by atoms with van der Waals surface area (Å²) in [6.45, 7) is 2.81. The Morgan fingerprint density at radius 3 is 3.00 bits per heavy atom. The zero-order chi connectivity index (χ0) is 10.1. The van der Waals surface area contributed by atoms with E-state index in [1.165, 1.54) is 5.56 Å². The zero-order valence-corrected chi connectivity index (χ0v) is 8.42. The average molecular weight is 192 g/mol. The van der Waals surface area contributed by atoms with Gasteiger partial charge in [0.1, 0.15) is 5.75 Å². The van der Waals surface area contributed by atoms with Crippen LogP contribution in [0, 0.1) is 0 Å². The van der Waals surface area contributed by atoms with Gasteiger partial charge in [-0.15, -0.1) is 0 Å². The molecule has 1 unspecified atom stereocenters. The SMILES string of the molecule is CCc1ccc(N)c2c1OCCC2N. The lowest BCUT2D eigenvalue weighted by Crippen LogP contribution is -2.22. The summed E-state index contributed by atoms with van der Waals surface area (Å²) in [7, 11) is 0. The summed E-state index contributed by atoms with van der Waals surface area (Å²) in [5, 5.41) is 0. The summed E-state index contributed by atoms with van der Waals surface area (Å²) in [5.74, 6) is 0.922. The lowest BCUT2D eigenvalue weighted by molar-refractivity contribution is 0.267. The van der Waals surface area contributed by atoms with Crippen LogP contribution in [-0.2, 0) is 6.42 Å². The van der Waals surface area contributed by atoms with Crippen molar-refractivity contribution in [2.24, 2.45) is 5.73 Å². The van der Waals surface area contributed by atoms with Crippen LogP contribution in [-0.4, -0.2) is 6.61 Å². The van der Waals surface area contributed by atoms with Crippen molar-refractivity contribution in [1.82, 2.24) is 0 Å². The molecule has 0 spiro atoms. The van der Waals surface area contributed by atoms with Gasteiger partial charge >= 0.3 is 0 Å². The van der Waals surface area contributed by atoms with Crippen LogP contribution < -0.4 is 16.2 Å². The molecule has 0 fully saturated rings. The molecule has 0 saturated carbocycles. The monoisotopic (exact) mass is 192 g/mol. The third-order valence-corrected chi connectivity index (χ3v) is 2.74. The molecule has 4 N–H and O–H groups in total. The molecule has 1 heterocycles. The highest BCUT2D eigenvalue weighted by molar-refractivity contribution is 5.60. The van der Waals surface area contributed by atoms with E-state index >= 15 is 0 Å². The molecule has 1 aliphatic rings. The Kier molecular flexibility index (Phi) is 2.33. The summed E-state index contributed by atoms with van der Waals surface area (Å²) in [6, 6.07) is 3.98. The minimum Gasteiger partial charge on any atom is -0.493 e. The first-order valence-electron chi connectivity index (χ1n) is 5.03. The first-order chi connectivity index (χ1) is 6.74. The van der Waals surface area contributed by atoms with Crippen LogP contribution in [0.3, 0.4) is 0 Å². The van der Waals surface area contributed by atoms with Crippen LogP contribution in [0.4, 0.5) is 5.69 Å². The van der Waals surface area contributed by atoms with E-state index in [1.54, 1.807) is 0 Å².